The van der Waals surface area contributed by atoms with Crippen LogP contribution in [0.15, 0.2) is 0 Å². The first-order valence-corrected chi connectivity index (χ1v) is 5.55. The van der Waals surface area contributed by atoms with Crippen molar-refractivity contribution in [1.82, 2.24) is 5.32 Å². The minimum Gasteiger partial charge on any atom is -0.394 e. The molecule has 0 spiro atoms. The Morgan fingerprint density at radius 2 is 2.07 bits per heavy atom. The normalized spacial score (nSPS) is 17.8. The summed E-state index contributed by atoms with van der Waals surface area (Å²) in [5.74, 6) is 0. The molecule has 2 atom stereocenters. The summed E-state index contributed by atoms with van der Waals surface area (Å²) < 4.78 is 5.47. The van der Waals surface area contributed by atoms with E-state index in [0.717, 1.165) is 26.0 Å². The molecule has 0 rings (SSSR count). The van der Waals surface area contributed by atoms with Gasteiger partial charge in [0.25, 0.3) is 0 Å². The van der Waals surface area contributed by atoms with Gasteiger partial charge >= 0.3 is 0 Å². The second-order valence-electron chi connectivity index (χ2n) is 4.12. The number of nitrogens with one attached hydrogen (secondary N) is 1. The van der Waals surface area contributed by atoms with Crippen LogP contribution in [0.5, 0.6) is 0 Å². The van der Waals surface area contributed by atoms with Gasteiger partial charge in [-0.1, -0.05) is 6.92 Å². The molecule has 0 heterocycles. The van der Waals surface area contributed by atoms with Crippen LogP contribution in [0, 0.1) is 0 Å². The van der Waals surface area contributed by atoms with Crippen LogP contribution in [0.2, 0.25) is 0 Å². The lowest BCUT2D eigenvalue weighted by Gasteiger charge is -2.31. The lowest BCUT2D eigenvalue weighted by Crippen LogP contribution is -2.48. The largest absolute Gasteiger partial charge is 0.394 e. The molecule has 14 heavy (non-hydrogen) atoms. The Labute approximate surface area is 87.8 Å². The van der Waals surface area contributed by atoms with Crippen LogP contribution in [0.25, 0.3) is 0 Å². The van der Waals surface area contributed by atoms with Crippen molar-refractivity contribution in [3.63, 3.8) is 0 Å². The summed E-state index contributed by atoms with van der Waals surface area (Å²) in [4.78, 5) is 0. The highest BCUT2D eigenvalue weighted by molar-refractivity contribution is 4.84. The number of aliphatic hydroxyl groups is 1. The van der Waals surface area contributed by atoms with Crippen LogP contribution in [0.4, 0.5) is 0 Å². The first-order valence-electron chi connectivity index (χ1n) is 5.55. The number of rotatable bonds is 8. The maximum atomic E-state index is 9.31. The molecule has 3 nitrogen and oxygen atoms in total. The van der Waals surface area contributed by atoms with Crippen LogP contribution in [-0.4, -0.2) is 36.5 Å². The van der Waals surface area contributed by atoms with E-state index >= 15 is 0 Å². The number of ether oxygens (including phenoxy) is 1. The van der Waals surface area contributed by atoms with E-state index in [9.17, 15) is 5.11 Å². The van der Waals surface area contributed by atoms with Crippen LogP contribution in [0.3, 0.4) is 0 Å². The Morgan fingerprint density at radius 1 is 1.43 bits per heavy atom. The Bertz CT molecular complexity index is 141. The fraction of sp³-hybridized carbons (Fsp3) is 1.00. The highest BCUT2D eigenvalue weighted by atomic mass is 16.5. The van der Waals surface area contributed by atoms with Crippen molar-refractivity contribution < 1.29 is 9.84 Å². The fourth-order valence-corrected chi connectivity index (χ4v) is 1.60. The smallest absolute Gasteiger partial charge is 0.0611 e. The number of hydrogen-bond donors (Lipinski definition) is 2. The van der Waals surface area contributed by atoms with Crippen molar-refractivity contribution in [2.24, 2.45) is 0 Å². The third-order valence-electron chi connectivity index (χ3n) is 2.34. The average Bonchev–Trinajstić information content (AvgIpc) is 2.15. The molecule has 0 saturated heterocycles. The lowest BCUT2D eigenvalue weighted by molar-refractivity contribution is 0.0352. The topological polar surface area (TPSA) is 41.5 Å². The molecular weight excluding hydrogens is 178 g/mol. The zero-order valence-electron chi connectivity index (χ0n) is 9.97. The summed E-state index contributed by atoms with van der Waals surface area (Å²) in [6.45, 7) is 10.0. The molecule has 0 aliphatic carbocycles. The van der Waals surface area contributed by atoms with Gasteiger partial charge in [-0.05, 0) is 40.2 Å². The summed E-state index contributed by atoms with van der Waals surface area (Å²) in [6.07, 6.45) is 2.12. The molecule has 0 aliphatic rings. The number of aliphatic hydroxyl groups excluding tert-OH is 1. The number of hydrogen-bond acceptors (Lipinski definition) is 3. The van der Waals surface area contributed by atoms with E-state index in [2.05, 4.69) is 12.2 Å². The van der Waals surface area contributed by atoms with Gasteiger partial charge in [0, 0.05) is 12.1 Å². The summed E-state index contributed by atoms with van der Waals surface area (Å²) in [6, 6.07) is 0. The maximum Gasteiger partial charge on any atom is 0.0611 e. The van der Waals surface area contributed by atoms with E-state index in [1.165, 1.54) is 0 Å². The van der Waals surface area contributed by atoms with Gasteiger partial charge in [-0.15, -0.1) is 0 Å². The van der Waals surface area contributed by atoms with Crippen LogP contribution in [0.1, 0.15) is 40.5 Å². The standard InChI is InChI=1S/C11H25NO2/c1-5-7-12-11(4,9-13)8-10(3)14-6-2/h10,12-13H,5-9H2,1-4H3. The third-order valence-corrected chi connectivity index (χ3v) is 2.34. The average molecular weight is 203 g/mol. The van der Waals surface area contributed by atoms with Crippen molar-refractivity contribution in [2.75, 3.05) is 19.8 Å². The third kappa shape index (κ3) is 5.58. The SMILES string of the molecule is CCCNC(C)(CO)CC(C)OCC. The van der Waals surface area contributed by atoms with Crippen LogP contribution < -0.4 is 5.32 Å². The highest BCUT2D eigenvalue weighted by Gasteiger charge is 2.24. The molecule has 0 radical (unpaired) electrons. The lowest BCUT2D eigenvalue weighted by atomic mass is 9.95. The van der Waals surface area contributed by atoms with Crippen molar-refractivity contribution >= 4 is 0 Å². The Hall–Kier alpha value is -0.120. The second-order valence-corrected chi connectivity index (χ2v) is 4.12. The Kier molecular flexibility index (Phi) is 7.15. The molecule has 0 aliphatic heterocycles. The Balaban J connectivity index is 3.96. The van der Waals surface area contributed by atoms with Crippen LogP contribution in [-0.2, 0) is 4.74 Å². The van der Waals surface area contributed by atoms with E-state index in [0.29, 0.717) is 0 Å². The van der Waals surface area contributed by atoms with Gasteiger partial charge in [0.1, 0.15) is 0 Å². The molecule has 0 saturated carbocycles. The van der Waals surface area contributed by atoms with E-state index in [1.807, 2.05) is 20.8 Å². The minimum atomic E-state index is -0.204. The molecule has 3 heteroatoms. The molecule has 0 bridgehead atoms. The molecule has 86 valence electrons. The van der Waals surface area contributed by atoms with Crippen molar-refractivity contribution in [3.8, 4) is 0 Å². The van der Waals surface area contributed by atoms with E-state index in [-0.39, 0.29) is 18.2 Å². The van der Waals surface area contributed by atoms with Gasteiger partial charge in [-0.3, -0.25) is 0 Å². The van der Waals surface area contributed by atoms with E-state index < -0.39 is 0 Å². The van der Waals surface area contributed by atoms with Gasteiger partial charge in [0.15, 0.2) is 0 Å². The van der Waals surface area contributed by atoms with Gasteiger partial charge in [0.2, 0.25) is 0 Å². The van der Waals surface area contributed by atoms with Crippen LogP contribution >= 0.6 is 0 Å². The van der Waals surface area contributed by atoms with Gasteiger partial charge < -0.3 is 15.2 Å². The van der Waals surface area contributed by atoms with Gasteiger partial charge in [-0.2, -0.15) is 0 Å². The summed E-state index contributed by atoms with van der Waals surface area (Å²) in [7, 11) is 0. The zero-order chi connectivity index (χ0) is 11.0. The predicted molar refractivity (Wildman–Crippen MR) is 59.5 cm³/mol. The molecule has 2 N–H and O–H groups in total. The van der Waals surface area contributed by atoms with Crippen molar-refractivity contribution in [3.05, 3.63) is 0 Å². The van der Waals surface area contributed by atoms with Gasteiger partial charge in [0.05, 0.1) is 12.7 Å². The zero-order valence-corrected chi connectivity index (χ0v) is 9.97. The monoisotopic (exact) mass is 203 g/mol. The van der Waals surface area contributed by atoms with Crippen molar-refractivity contribution in [2.45, 2.75) is 52.2 Å². The molecular formula is C11H25NO2. The Morgan fingerprint density at radius 3 is 2.50 bits per heavy atom. The molecule has 0 aromatic carbocycles. The van der Waals surface area contributed by atoms with Crippen molar-refractivity contribution in [1.29, 1.82) is 0 Å². The predicted octanol–water partition coefficient (Wildman–Crippen LogP) is 1.55. The maximum absolute atomic E-state index is 9.31. The quantitative estimate of drug-likeness (QED) is 0.629. The summed E-state index contributed by atoms with van der Waals surface area (Å²) in [5, 5.41) is 12.7. The van der Waals surface area contributed by atoms with Gasteiger partial charge in [-0.25, -0.2) is 0 Å². The first kappa shape index (κ1) is 13.9. The molecule has 0 aromatic heterocycles. The summed E-state index contributed by atoms with van der Waals surface area (Å²) in [5.41, 5.74) is -0.204. The highest BCUT2D eigenvalue weighted by Crippen LogP contribution is 2.13. The first-order chi connectivity index (χ1) is 6.58. The molecule has 0 amide bonds. The molecule has 0 fully saturated rings. The fourth-order valence-electron chi connectivity index (χ4n) is 1.60. The molecule has 0 aromatic rings. The molecule has 2 unspecified atom stereocenters. The van der Waals surface area contributed by atoms with E-state index in [1.54, 1.807) is 0 Å². The summed E-state index contributed by atoms with van der Waals surface area (Å²) >= 11 is 0. The second kappa shape index (κ2) is 7.21. The minimum absolute atomic E-state index is 0.157. The van der Waals surface area contributed by atoms with E-state index in [4.69, 9.17) is 4.74 Å².